The number of fused-ring (bicyclic) bond motifs is 2. The molecule has 2 heterocycles. The second kappa shape index (κ2) is 7.00. The van der Waals surface area contributed by atoms with Crippen molar-refractivity contribution in [3.63, 3.8) is 0 Å². The number of hydrogen-bond acceptors (Lipinski definition) is 5. The first-order valence-electron chi connectivity index (χ1n) is 9.82. The van der Waals surface area contributed by atoms with Gasteiger partial charge in [-0.2, -0.15) is 0 Å². The first kappa shape index (κ1) is 17.3. The Morgan fingerprint density at radius 1 is 0.964 bits per heavy atom. The number of piperazine rings is 1. The van der Waals surface area contributed by atoms with Gasteiger partial charge < -0.3 is 9.64 Å². The van der Waals surface area contributed by atoms with Crippen molar-refractivity contribution >= 4 is 16.6 Å². The van der Waals surface area contributed by atoms with E-state index in [0.717, 1.165) is 66.1 Å². The second-order valence-electron chi connectivity index (χ2n) is 7.56. The molecule has 0 spiro atoms. The number of hydrogen-bond donors (Lipinski definition) is 0. The molecule has 1 fully saturated rings. The summed E-state index contributed by atoms with van der Waals surface area (Å²) in [6, 6.07) is 13.5. The minimum absolute atomic E-state index is 0.0603. The summed E-state index contributed by atoms with van der Waals surface area (Å²) < 4.78 is 6.16. The first-order chi connectivity index (χ1) is 13.7. The maximum Gasteiger partial charge on any atom is 0.194 e. The van der Waals surface area contributed by atoms with E-state index < -0.39 is 0 Å². The van der Waals surface area contributed by atoms with E-state index in [1.54, 1.807) is 6.20 Å². The molecule has 142 valence electrons. The van der Waals surface area contributed by atoms with Gasteiger partial charge in [-0.05, 0) is 25.2 Å². The van der Waals surface area contributed by atoms with Crippen LogP contribution in [0.5, 0.6) is 5.75 Å². The van der Waals surface area contributed by atoms with Crippen LogP contribution in [0.25, 0.3) is 22.0 Å². The van der Waals surface area contributed by atoms with E-state index in [4.69, 9.17) is 4.74 Å². The van der Waals surface area contributed by atoms with E-state index in [1.165, 1.54) is 0 Å². The molecule has 3 aromatic rings. The van der Waals surface area contributed by atoms with E-state index in [-0.39, 0.29) is 5.78 Å². The molecule has 0 radical (unpaired) electrons. The third-order valence-corrected chi connectivity index (χ3v) is 5.82. The third kappa shape index (κ3) is 2.87. The molecule has 1 aliphatic heterocycles. The fraction of sp³-hybridized carbons (Fsp3) is 0.304. The highest BCUT2D eigenvalue weighted by molar-refractivity contribution is 6.25. The molecule has 0 saturated carbocycles. The largest absolute Gasteiger partial charge is 0.492 e. The molecule has 1 saturated heterocycles. The smallest absolute Gasteiger partial charge is 0.194 e. The van der Waals surface area contributed by atoms with Crippen molar-refractivity contribution in [1.29, 1.82) is 0 Å². The van der Waals surface area contributed by atoms with Gasteiger partial charge in [-0.15, -0.1) is 0 Å². The standard InChI is InChI=1S/C23H23N3O2/c1-25-10-12-26(13-11-25)14-15-28-20-7-6-19-21-18(20)8-9-24-22(21)16-4-2-3-5-17(16)23(19)27/h2-9H,10-15H2,1H3. The summed E-state index contributed by atoms with van der Waals surface area (Å²) in [6.07, 6.45) is 1.81. The van der Waals surface area contributed by atoms with Crippen LogP contribution in [0.4, 0.5) is 0 Å². The Kier molecular flexibility index (Phi) is 4.34. The Morgan fingerprint density at radius 2 is 1.75 bits per heavy atom. The lowest BCUT2D eigenvalue weighted by molar-refractivity contribution is 0.104. The van der Waals surface area contributed by atoms with E-state index in [2.05, 4.69) is 21.8 Å². The summed E-state index contributed by atoms with van der Waals surface area (Å²) in [5, 5.41) is 1.87. The Balaban J connectivity index is 1.45. The summed E-state index contributed by atoms with van der Waals surface area (Å²) in [6.45, 7) is 5.93. The van der Waals surface area contributed by atoms with Gasteiger partial charge in [0.15, 0.2) is 5.78 Å². The molecule has 5 rings (SSSR count). The zero-order valence-corrected chi connectivity index (χ0v) is 16.0. The van der Waals surface area contributed by atoms with Crippen molar-refractivity contribution in [3.8, 4) is 17.0 Å². The molecule has 0 N–H and O–H groups in total. The quantitative estimate of drug-likeness (QED) is 0.550. The van der Waals surface area contributed by atoms with Gasteiger partial charge in [-0.3, -0.25) is 14.7 Å². The maximum atomic E-state index is 13.0. The van der Waals surface area contributed by atoms with Crippen LogP contribution < -0.4 is 4.74 Å². The van der Waals surface area contributed by atoms with Crippen molar-refractivity contribution in [1.82, 2.24) is 14.8 Å². The molecule has 1 aromatic heterocycles. The van der Waals surface area contributed by atoms with Crippen LogP contribution >= 0.6 is 0 Å². The fourth-order valence-electron chi connectivity index (χ4n) is 4.18. The van der Waals surface area contributed by atoms with Crippen molar-refractivity contribution in [2.24, 2.45) is 0 Å². The normalized spacial score (nSPS) is 17.0. The van der Waals surface area contributed by atoms with Crippen molar-refractivity contribution < 1.29 is 9.53 Å². The van der Waals surface area contributed by atoms with Gasteiger partial charge in [0, 0.05) is 66.4 Å². The lowest BCUT2D eigenvalue weighted by Gasteiger charge is -2.32. The number of carbonyl (C=O) groups excluding carboxylic acids is 1. The molecular formula is C23H23N3O2. The van der Waals surface area contributed by atoms with Crippen LogP contribution in [0.1, 0.15) is 15.9 Å². The van der Waals surface area contributed by atoms with Crippen LogP contribution in [0, 0.1) is 0 Å². The highest BCUT2D eigenvalue weighted by Crippen LogP contribution is 2.40. The predicted molar refractivity (Wildman–Crippen MR) is 110 cm³/mol. The molecule has 0 amide bonds. The fourth-order valence-corrected chi connectivity index (χ4v) is 4.18. The van der Waals surface area contributed by atoms with E-state index in [0.29, 0.717) is 12.2 Å². The average molecular weight is 373 g/mol. The van der Waals surface area contributed by atoms with Gasteiger partial charge in [0.2, 0.25) is 0 Å². The first-order valence-corrected chi connectivity index (χ1v) is 9.82. The van der Waals surface area contributed by atoms with Gasteiger partial charge >= 0.3 is 0 Å². The molecule has 0 atom stereocenters. The maximum absolute atomic E-state index is 13.0. The van der Waals surface area contributed by atoms with Crippen molar-refractivity contribution in [3.05, 3.63) is 59.8 Å². The summed E-state index contributed by atoms with van der Waals surface area (Å²) in [5.41, 5.74) is 3.20. The average Bonchev–Trinajstić information content (AvgIpc) is 2.74. The number of nitrogens with zero attached hydrogens (tertiary/aromatic N) is 3. The minimum Gasteiger partial charge on any atom is -0.492 e. The topological polar surface area (TPSA) is 45.7 Å². The van der Waals surface area contributed by atoms with Gasteiger partial charge in [0.25, 0.3) is 0 Å². The zero-order valence-electron chi connectivity index (χ0n) is 16.0. The third-order valence-electron chi connectivity index (χ3n) is 5.82. The number of benzene rings is 2. The van der Waals surface area contributed by atoms with Gasteiger partial charge in [0.1, 0.15) is 12.4 Å². The van der Waals surface area contributed by atoms with Crippen LogP contribution in [-0.2, 0) is 0 Å². The number of aromatic nitrogens is 1. The summed E-state index contributed by atoms with van der Waals surface area (Å²) >= 11 is 0. The van der Waals surface area contributed by atoms with E-state index >= 15 is 0 Å². The van der Waals surface area contributed by atoms with Crippen LogP contribution in [-0.4, -0.2) is 66.9 Å². The monoisotopic (exact) mass is 373 g/mol. The summed E-state index contributed by atoms with van der Waals surface area (Å²) in [5.74, 6) is 0.883. The number of ether oxygens (including phenoxy) is 1. The second-order valence-corrected chi connectivity index (χ2v) is 7.56. The number of likely N-dealkylation sites (N-methyl/N-ethyl adjacent to an activating group) is 1. The lowest BCUT2D eigenvalue weighted by Crippen LogP contribution is -2.45. The molecule has 2 aliphatic rings. The Hall–Kier alpha value is -2.76. The van der Waals surface area contributed by atoms with Crippen molar-refractivity contribution in [2.45, 2.75) is 0 Å². The van der Waals surface area contributed by atoms with Gasteiger partial charge in [0.05, 0.1) is 5.69 Å². The molecular weight excluding hydrogens is 350 g/mol. The Bertz CT molecular complexity index is 1050. The highest BCUT2D eigenvalue weighted by atomic mass is 16.5. The van der Waals surface area contributed by atoms with Gasteiger partial charge in [-0.1, -0.05) is 24.3 Å². The molecule has 5 nitrogen and oxygen atoms in total. The number of carbonyl (C=O) groups is 1. The molecule has 0 bridgehead atoms. The van der Waals surface area contributed by atoms with Crippen LogP contribution in [0.3, 0.4) is 0 Å². The Morgan fingerprint density at radius 3 is 2.57 bits per heavy atom. The SMILES string of the molecule is CN1CCN(CCOc2ccc3c4c(nccc24)-c2ccccc2C3=O)CC1. The molecule has 0 unspecified atom stereocenters. The highest BCUT2D eigenvalue weighted by Gasteiger charge is 2.26. The van der Waals surface area contributed by atoms with E-state index in [1.807, 2.05) is 42.5 Å². The van der Waals surface area contributed by atoms with E-state index in [9.17, 15) is 4.79 Å². The Labute approximate surface area is 164 Å². The molecule has 1 aliphatic carbocycles. The summed E-state index contributed by atoms with van der Waals surface area (Å²) in [7, 11) is 2.16. The predicted octanol–water partition coefficient (Wildman–Crippen LogP) is 3.07. The number of pyridine rings is 1. The van der Waals surface area contributed by atoms with Crippen molar-refractivity contribution in [2.75, 3.05) is 46.4 Å². The van der Waals surface area contributed by atoms with Gasteiger partial charge in [-0.25, -0.2) is 0 Å². The molecule has 28 heavy (non-hydrogen) atoms. The number of ketones is 1. The molecule has 5 heteroatoms. The van der Waals surface area contributed by atoms with Crippen LogP contribution in [0.15, 0.2) is 48.7 Å². The summed E-state index contributed by atoms with van der Waals surface area (Å²) in [4.78, 5) is 22.4. The lowest BCUT2D eigenvalue weighted by atomic mass is 9.85. The molecule has 2 aromatic carbocycles. The minimum atomic E-state index is 0.0603. The van der Waals surface area contributed by atoms with Crippen LogP contribution in [0.2, 0.25) is 0 Å². The zero-order chi connectivity index (χ0) is 19.1. The number of rotatable bonds is 4.